The fourth-order valence-electron chi connectivity index (χ4n) is 2.45. The van der Waals surface area contributed by atoms with Crippen LogP contribution >= 0.6 is 0 Å². The van der Waals surface area contributed by atoms with E-state index in [1.54, 1.807) is 12.1 Å². The molecule has 1 heterocycles. The second kappa shape index (κ2) is 5.84. The molecule has 1 aromatic rings. The largest absolute Gasteiger partial charge is 0.303 e. The number of nitrogens with zero attached hydrogens (tertiary/aromatic N) is 1. The molecule has 5 heteroatoms. The summed E-state index contributed by atoms with van der Waals surface area (Å²) in [6, 6.07) is 6.99. The second-order valence-electron chi connectivity index (χ2n) is 5.19. The Morgan fingerprint density at radius 3 is 2.58 bits per heavy atom. The van der Waals surface area contributed by atoms with Gasteiger partial charge in [-0.1, -0.05) is 12.1 Å². The van der Waals surface area contributed by atoms with E-state index >= 15 is 0 Å². The molecule has 1 atom stereocenters. The third-order valence-corrected chi connectivity index (χ3v) is 4.62. The first-order valence-electron chi connectivity index (χ1n) is 6.45. The number of rotatable bonds is 4. The lowest BCUT2D eigenvalue weighted by Crippen LogP contribution is -2.35. The number of aldehydes is 1. The maximum atomic E-state index is 11.4. The first-order valence-corrected chi connectivity index (χ1v) is 8.35. The minimum absolute atomic E-state index is 0.143. The molecular formula is C14H19NO3S. The Bertz CT molecular complexity index is 536. The van der Waals surface area contributed by atoms with Crippen LogP contribution in [0.15, 0.2) is 29.2 Å². The molecule has 0 N–H and O–H groups in total. The third-order valence-electron chi connectivity index (χ3n) is 3.49. The van der Waals surface area contributed by atoms with Crippen LogP contribution < -0.4 is 0 Å². The van der Waals surface area contributed by atoms with Crippen molar-refractivity contribution in [3.05, 3.63) is 29.8 Å². The summed E-state index contributed by atoms with van der Waals surface area (Å²) in [5.74, 6) is 0.143. The van der Waals surface area contributed by atoms with Crippen LogP contribution in [0.25, 0.3) is 0 Å². The summed E-state index contributed by atoms with van der Waals surface area (Å²) in [4.78, 5) is 13.4. The Kier molecular flexibility index (Phi) is 4.37. The van der Waals surface area contributed by atoms with Gasteiger partial charge in [-0.2, -0.15) is 0 Å². The van der Waals surface area contributed by atoms with Crippen LogP contribution in [0.2, 0.25) is 0 Å². The lowest BCUT2D eigenvalue weighted by molar-refractivity contribution is -0.112. The number of hydrogen-bond donors (Lipinski definition) is 0. The molecule has 104 valence electrons. The average Bonchev–Trinajstić information content (AvgIpc) is 2.38. The highest BCUT2D eigenvalue weighted by Crippen LogP contribution is 2.18. The molecule has 1 saturated heterocycles. The van der Waals surface area contributed by atoms with Crippen molar-refractivity contribution in [2.45, 2.75) is 24.3 Å². The Hall–Kier alpha value is -1.20. The third kappa shape index (κ3) is 3.88. The van der Waals surface area contributed by atoms with Crippen LogP contribution in [0, 0.1) is 5.92 Å². The summed E-state index contributed by atoms with van der Waals surface area (Å²) in [7, 11) is -3.13. The normalized spacial score (nSPS) is 21.2. The van der Waals surface area contributed by atoms with Crippen molar-refractivity contribution in [3.8, 4) is 0 Å². The van der Waals surface area contributed by atoms with Crippen LogP contribution in [0.4, 0.5) is 0 Å². The summed E-state index contributed by atoms with van der Waals surface area (Å²) in [5.41, 5.74) is 1.08. The molecule has 1 unspecified atom stereocenters. The van der Waals surface area contributed by atoms with Gasteiger partial charge in [0.05, 0.1) is 4.90 Å². The molecule has 1 aliphatic rings. The van der Waals surface area contributed by atoms with Crippen molar-refractivity contribution in [1.82, 2.24) is 4.90 Å². The number of benzene rings is 1. The highest BCUT2D eigenvalue weighted by atomic mass is 32.2. The van der Waals surface area contributed by atoms with Crippen molar-refractivity contribution < 1.29 is 13.2 Å². The van der Waals surface area contributed by atoms with Crippen molar-refractivity contribution in [2.24, 2.45) is 5.92 Å². The highest BCUT2D eigenvalue weighted by Gasteiger charge is 2.19. The summed E-state index contributed by atoms with van der Waals surface area (Å²) in [6.45, 7) is 2.57. The maximum absolute atomic E-state index is 11.4. The Balaban J connectivity index is 2.01. The van der Waals surface area contributed by atoms with E-state index in [1.165, 1.54) is 6.26 Å². The molecule has 0 aromatic heterocycles. The van der Waals surface area contributed by atoms with E-state index in [9.17, 15) is 13.2 Å². The smallest absolute Gasteiger partial charge is 0.175 e. The van der Waals surface area contributed by atoms with Gasteiger partial charge in [0.1, 0.15) is 6.29 Å². The summed E-state index contributed by atoms with van der Waals surface area (Å²) < 4.78 is 22.7. The summed E-state index contributed by atoms with van der Waals surface area (Å²) in [6.07, 6.45) is 4.28. The molecule has 0 bridgehead atoms. The molecule has 0 radical (unpaired) electrons. The summed E-state index contributed by atoms with van der Waals surface area (Å²) >= 11 is 0. The van der Waals surface area contributed by atoms with Crippen LogP contribution in [-0.2, 0) is 21.2 Å². The zero-order valence-electron chi connectivity index (χ0n) is 11.1. The van der Waals surface area contributed by atoms with Gasteiger partial charge in [-0.25, -0.2) is 8.42 Å². The Morgan fingerprint density at radius 1 is 1.32 bits per heavy atom. The van der Waals surface area contributed by atoms with E-state index in [1.807, 2.05) is 12.1 Å². The molecule has 1 aromatic carbocycles. The van der Waals surface area contributed by atoms with Crippen molar-refractivity contribution in [1.29, 1.82) is 0 Å². The van der Waals surface area contributed by atoms with Gasteiger partial charge in [0, 0.05) is 25.3 Å². The van der Waals surface area contributed by atoms with Crippen LogP contribution in [0.3, 0.4) is 0 Å². The van der Waals surface area contributed by atoms with E-state index < -0.39 is 9.84 Å². The zero-order chi connectivity index (χ0) is 13.9. The van der Waals surface area contributed by atoms with Gasteiger partial charge in [-0.15, -0.1) is 0 Å². The average molecular weight is 281 g/mol. The fraction of sp³-hybridized carbons (Fsp3) is 0.500. The van der Waals surface area contributed by atoms with Gasteiger partial charge in [0.2, 0.25) is 0 Å². The lowest BCUT2D eigenvalue weighted by atomic mass is 9.99. The number of carbonyl (C=O) groups is 1. The SMILES string of the molecule is CS(=O)(=O)c1ccc(CN2CCCC(C=O)C2)cc1. The minimum atomic E-state index is -3.13. The van der Waals surface area contributed by atoms with E-state index in [2.05, 4.69) is 4.90 Å². The minimum Gasteiger partial charge on any atom is -0.303 e. The molecule has 0 amide bonds. The molecule has 2 rings (SSSR count). The Morgan fingerprint density at radius 2 is 2.00 bits per heavy atom. The van der Waals surface area contributed by atoms with Crippen LogP contribution in [0.5, 0.6) is 0 Å². The molecule has 1 fully saturated rings. The Labute approximate surface area is 114 Å². The van der Waals surface area contributed by atoms with Gasteiger partial charge in [0.15, 0.2) is 9.84 Å². The van der Waals surface area contributed by atoms with E-state index in [4.69, 9.17) is 0 Å². The van der Waals surface area contributed by atoms with Gasteiger partial charge in [-0.3, -0.25) is 4.90 Å². The van der Waals surface area contributed by atoms with Crippen LogP contribution in [0.1, 0.15) is 18.4 Å². The molecule has 0 spiro atoms. The van der Waals surface area contributed by atoms with Crippen molar-refractivity contribution >= 4 is 16.1 Å². The van der Waals surface area contributed by atoms with E-state index in [0.717, 1.165) is 44.3 Å². The quantitative estimate of drug-likeness (QED) is 0.785. The number of sulfone groups is 1. The highest BCUT2D eigenvalue weighted by molar-refractivity contribution is 7.90. The molecule has 4 nitrogen and oxygen atoms in total. The van der Waals surface area contributed by atoms with Crippen molar-refractivity contribution in [3.63, 3.8) is 0 Å². The fourth-order valence-corrected chi connectivity index (χ4v) is 3.08. The predicted octanol–water partition coefficient (Wildman–Crippen LogP) is 1.50. The number of carbonyl (C=O) groups excluding carboxylic acids is 1. The molecular weight excluding hydrogens is 262 g/mol. The van der Waals surface area contributed by atoms with E-state index in [0.29, 0.717) is 4.90 Å². The second-order valence-corrected chi connectivity index (χ2v) is 7.21. The standard InChI is InChI=1S/C14H19NO3S/c1-19(17,18)14-6-4-12(5-7-14)9-15-8-2-3-13(10-15)11-16/h4-7,11,13H,2-3,8-10H2,1H3. The molecule has 1 aliphatic heterocycles. The molecule has 19 heavy (non-hydrogen) atoms. The summed E-state index contributed by atoms with van der Waals surface area (Å²) in [5, 5.41) is 0. The van der Waals surface area contributed by atoms with Gasteiger partial charge < -0.3 is 4.79 Å². The number of piperidine rings is 1. The van der Waals surface area contributed by atoms with Gasteiger partial charge in [0.25, 0.3) is 0 Å². The van der Waals surface area contributed by atoms with E-state index in [-0.39, 0.29) is 5.92 Å². The first-order chi connectivity index (χ1) is 8.99. The lowest BCUT2D eigenvalue weighted by Gasteiger charge is -2.30. The van der Waals surface area contributed by atoms with Gasteiger partial charge >= 0.3 is 0 Å². The predicted molar refractivity (Wildman–Crippen MR) is 73.6 cm³/mol. The van der Waals surface area contributed by atoms with Crippen molar-refractivity contribution in [2.75, 3.05) is 19.3 Å². The monoisotopic (exact) mass is 281 g/mol. The number of hydrogen-bond acceptors (Lipinski definition) is 4. The maximum Gasteiger partial charge on any atom is 0.175 e. The zero-order valence-corrected chi connectivity index (χ0v) is 11.9. The molecule has 0 aliphatic carbocycles. The van der Waals surface area contributed by atoms with Gasteiger partial charge in [-0.05, 0) is 37.1 Å². The molecule has 0 saturated carbocycles. The topological polar surface area (TPSA) is 54.5 Å². The number of likely N-dealkylation sites (tertiary alicyclic amines) is 1. The van der Waals surface area contributed by atoms with Crippen LogP contribution in [-0.4, -0.2) is 38.9 Å². The first kappa shape index (κ1) is 14.2.